The van der Waals surface area contributed by atoms with Gasteiger partial charge in [0.1, 0.15) is 23.7 Å². The summed E-state index contributed by atoms with van der Waals surface area (Å²) < 4.78 is 35.2. The van der Waals surface area contributed by atoms with Gasteiger partial charge in [0, 0.05) is 31.2 Å². The Hall–Kier alpha value is -3.11. The number of benzene rings is 1. The van der Waals surface area contributed by atoms with Crippen molar-refractivity contribution in [2.45, 2.75) is 64.0 Å². The van der Waals surface area contributed by atoms with E-state index in [0.29, 0.717) is 22.9 Å². The maximum Gasteiger partial charge on any atom is 0.287 e. The molecule has 0 saturated heterocycles. The Morgan fingerprint density at radius 2 is 1.92 bits per heavy atom. The molecule has 4 rings (SSSR count). The van der Waals surface area contributed by atoms with Crippen LogP contribution in [0.4, 0.5) is 14.5 Å². The van der Waals surface area contributed by atoms with Gasteiger partial charge in [-0.3, -0.25) is 9.48 Å². The summed E-state index contributed by atoms with van der Waals surface area (Å²) >= 11 is 0. The summed E-state index contributed by atoms with van der Waals surface area (Å²) in [6, 6.07) is 7.51. The highest BCUT2D eigenvalue weighted by molar-refractivity contribution is 6.05. The molecule has 2 aromatic heterocycles. The number of aliphatic hydroxyl groups is 2. The van der Waals surface area contributed by atoms with Crippen molar-refractivity contribution in [2.24, 2.45) is 5.92 Å². The minimum Gasteiger partial charge on any atom is -0.488 e. The lowest BCUT2D eigenvalue weighted by Crippen LogP contribution is -2.28. The second-order valence-corrected chi connectivity index (χ2v) is 10.2. The van der Waals surface area contributed by atoms with Gasteiger partial charge in [-0.15, -0.1) is 0 Å². The molecule has 0 unspecified atom stereocenters. The number of pyridine rings is 1. The molecule has 10 heteroatoms. The molecule has 1 saturated carbocycles. The minimum absolute atomic E-state index is 0.0386. The fourth-order valence-electron chi connectivity index (χ4n) is 4.31. The molecule has 1 aliphatic rings. The third-order valence-corrected chi connectivity index (χ3v) is 6.33. The molecule has 0 atom stereocenters. The summed E-state index contributed by atoms with van der Waals surface area (Å²) in [5.74, 6) is -3.22. The molecule has 0 spiro atoms. The standard InChI is InChI=1S/C26H32F2N4O4/c1-25(2,35)15-36-22-12-20-17(13-32(31-20)18-9-7-16(14-33)8-10-18)11-21(22)30-24(34)19-5-4-6-23(29-19)26(3,27)28/h4-6,11-13,16,18,33,35H,7-10,14-15H2,1-3H3,(H,30,34)/t16-,18-. The molecule has 0 aliphatic heterocycles. The van der Waals surface area contributed by atoms with Crippen molar-refractivity contribution < 1.29 is 28.5 Å². The summed E-state index contributed by atoms with van der Waals surface area (Å²) in [5.41, 5.74) is -0.798. The van der Waals surface area contributed by atoms with Crippen molar-refractivity contribution in [3.05, 3.63) is 47.9 Å². The number of ether oxygens (including phenoxy) is 1. The number of halogens is 2. The number of carbonyl (C=O) groups is 1. The SMILES string of the molecule is CC(C)(O)COc1cc2nn([C@H]3CC[C@H](CO)CC3)cc2cc1NC(=O)c1cccc(C(C)(F)F)n1. The lowest BCUT2D eigenvalue weighted by molar-refractivity contribution is 0.0126. The number of nitrogens with zero attached hydrogens (tertiary/aromatic N) is 3. The van der Waals surface area contributed by atoms with Gasteiger partial charge in [-0.05, 0) is 63.6 Å². The number of nitrogens with one attached hydrogen (secondary N) is 1. The monoisotopic (exact) mass is 502 g/mol. The van der Waals surface area contributed by atoms with E-state index in [9.17, 15) is 23.8 Å². The van der Waals surface area contributed by atoms with Crippen molar-refractivity contribution in [2.75, 3.05) is 18.5 Å². The molecule has 36 heavy (non-hydrogen) atoms. The van der Waals surface area contributed by atoms with Crippen molar-refractivity contribution in [1.82, 2.24) is 14.8 Å². The number of aliphatic hydroxyl groups excluding tert-OH is 1. The van der Waals surface area contributed by atoms with E-state index in [4.69, 9.17) is 9.84 Å². The molecule has 8 nitrogen and oxygen atoms in total. The molecule has 1 aliphatic carbocycles. The first-order valence-corrected chi connectivity index (χ1v) is 12.1. The molecule has 3 aromatic rings. The van der Waals surface area contributed by atoms with Crippen LogP contribution in [-0.4, -0.2) is 49.7 Å². The van der Waals surface area contributed by atoms with E-state index < -0.39 is 23.1 Å². The Morgan fingerprint density at radius 3 is 2.56 bits per heavy atom. The molecule has 194 valence electrons. The van der Waals surface area contributed by atoms with Crippen molar-refractivity contribution in [3.8, 4) is 5.75 Å². The average molecular weight is 503 g/mol. The maximum atomic E-state index is 13.7. The van der Waals surface area contributed by atoms with Crippen molar-refractivity contribution in [1.29, 1.82) is 0 Å². The van der Waals surface area contributed by atoms with Gasteiger partial charge in [-0.2, -0.15) is 13.9 Å². The Balaban J connectivity index is 1.64. The quantitative estimate of drug-likeness (QED) is 0.413. The maximum absolute atomic E-state index is 13.7. The molecule has 3 N–H and O–H groups in total. The number of carbonyl (C=O) groups excluding carboxylic acids is 1. The van der Waals surface area contributed by atoms with Crippen LogP contribution in [0, 0.1) is 5.92 Å². The number of alkyl halides is 2. The Kier molecular flexibility index (Phi) is 7.28. The summed E-state index contributed by atoms with van der Waals surface area (Å²) in [5, 5.41) is 27.7. The van der Waals surface area contributed by atoms with Gasteiger partial charge in [0.2, 0.25) is 0 Å². The fourth-order valence-corrected chi connectivity index (χ4v) is 4.31. The number of hydrogen-bond acceptors (Lipinski definition) is 6. The minimum atomic E-state index is -3.18. The van der Waals surface area contributed by atoms with Gasteiger partial charge in [-0.1, -0.05) is 6.07 Å². The van der Waals surface area contributed by atoms with Gasteiger partial charge in [-0.25, -0.2) is 4.98 Å². The number of hydrogen-bond donors (Lipinski definition) is 3. The molecule has 2 heterocycles. The highest BCUT2D eigenvalue weighted by atomic mass is 19.3. The Labute approximate surface area is 208 Å². The second kappa shape index (κ2) is 10.1. The normalized spacial score (nSPS) is 18.9. The molecule has 1 amide bonds. The van der Waals surface area contributed by atoms with E-state index in [0.717, 1.165) is 38.0 Å². The van der Waals surface area contributed by atoms with Gasteiger partial charge in [0.15, 0.2) is 0 Å². The van der Waals surface area contributed by atoms with Gasteiger partial charge in [0.05, 0.1) is 22.8 Å². The van der Waals surface area contributed by atoms with E-state index >= 15 is 0 Å². The highest BCUT2D eigenvalue weighted by Gasteiger charge is 2.27. The number of anilines is 1. The average Bonchev–Trinajstić information content (AvgIpc) is 3.24. The van der Waals surface area contributed by atoms with Crippen LogP contribution in [0.15, 0.2) is 36.5 Å². The Bertz CT molecular complexity index is 1220. The third kappa shape index (κ3) is 6.17. The first-order valence-electron chi connectivity index (χ1n) is 12.1. The van der Waals surface area contributed by atoms with Crippen LogP contribution in [-0.2, 0) is 5.92 Å². The van der Waals surface area contributed by atoms with Crippen LogP contribution in [0.3, 0.4) is 0 Å². The van der Waals surface area contributed by atoms with Crippen LogP contribution < -0.4 is 10.1 Å². The van der Waals surface area contributed by atoms with Crippen LogP contribution >= 0.6 is 0 Å². The van der Waals surface area contributed by atoms with E-state index in [1.807, 2.05) is 10.9 Å². The van der Waals surface area contributed by atoms with E-state index in [-0.39, 0.29) is 24.9 Å². The summed E-state index contributed by atoms with van der Waals surface area (Å²) in [4.78, 5) is 16.7. The number of fused-ring (bicyclic) bond motifs is 1. The number of rotatable bonds is 8. The molecule has 1 aromatic carbocycles. The van der Waals surface area contributed by atoms with Crippen LogP contribution in [0.5, 0.6) is 5.75 Å². The second-order valence-electron chi connectivity index (χ2n) is 10.2. The molecular weight excluding hydrogens is 470 g/mol. The molecule has 0 radical (unpaired) electrons. The lowest BCUT2D eigenvalue weighted by atomic mass is 9.87. The van der Waals surface area contributed by atoms with Crippen LogP contribution in [0.25, 0.3) is 10.9 Å². The van der Waals surface area contributed by atoms with E-state index in [1.54, 1.807) is 26.0 Å². The molecule has 1 fully saturated rings. The van der Waals surface area contributed by atoms with Crippen LogP contribution in [0.2, 0.25) is 0 Å². The topological polar surface area (TPSA) is 110 Å². The van der Waals surface area contributed by atoms with Gasteiger partial charge in [0.25, 0.3) is 11.8 Å². The first kappa shape index (κ1) is 26.0. The van der Waals surface area contributed by atoms with Crippen molar-refractivity contribution >= 4 is 22.5 Å². The largest absolute Gasteiger partial charge is 0.488 e. The summed E-state index contributed by atoms with van der Waals surface area (Å²) in [6.07, 6.45) is 5.60. The zero-order valence-electron chi connectivity index (χ0n) is 20.7. The predicted molar refractivity (Wildman–Crippen MR) is 131 cm³/mol. The summed E-state index contributed by atoms with van der Waals surface area (Å²) in [7, 11) is 0. The summed E-state index contributed by atoms with van der Waals surface area (Å²) in [6.45, 7) is 4.08. The first-order chi connectivity index (χ1) is 16.9. The smallest absolute Gasteiger partial charge is 0.287 e. The molecular formula is C26H32F2N4O4. The number of aromatic nitrogens is 3. The Morgan fingerprint density at radius 1 is 1.19 bits per heavy atom. The van der Waals surface area contributed by atoms with E-state index in [1.165, 1.54) is 18.2 Å². The fraction of sp³-hybridized carbons (Fsp3) is 0.500. The zero-order chi connectivity index (χ0) is 26.1. The van der Waals surface area contributed by atoms with Crippen LogP contribution in [0.1, 0.15) is 68.7 Å². The zero-order valence-corrected chi connectivity index (χ0v) is 20.7. The van der Waals surface area contributed by atoms with Gasteiger partial charge < -0.3 is 20.3 Å². The third-order valence-electron chi connectivity index (χ3n) is 6.33. The van der Waals surface area contributed by atoms with Gasteiger partial charge >= 0.3 is 0 Å². The predicted octanol–water partition coefficient (Wildman–Crippen LogP) is 4.67. The highest BCUT2D eigenvalue weighted by Crippen LogP contribution is 2.35. The number of amides is 1. The van der Waals surface area contributed by atoms with Crippen molar-refractivity contribution in [3.63, 3.8) is 0 Å². The molecule has 0 bridgehead atoms. The lowest BCUT2D eigenvalue weighted by Gasteiger charge is -2.27. The van der Waals surface area contributed by atoms with E-state index in [2.05, 4.69) is 10.3 Å².